The number of benzene rings is 1. The summed E-state index contributed by atoms with van der Waals surface area (Å²) in [4.78, 5) is 33.3. The fraction of sp³-hybridized carbons (Fsp3) is 0.350. The highest BCUT2D eigenvalue weighted by Crippen LogP contribution is 2.22. The minimum Gasteiger partial charge on any atom is -0.466 e. The lowest BCUT2D eigenvalue weighted by Gasteiger charge is -2.36. The van der Waals surface area contributed by atoms with Gasteiger partial charge in [-0.1, -0.05) is 0 Å². The second-order valence-electron chi connectivity index (χ2n) is 6.97. The van der Waals surface area contributed by atoms with Gasteiger partial charge in [0.05, 0.1) is 22.8 Å². The van der Waals surface area contributed by atoms with Crippen LogP contribution in [-0.4, -0.2) is 46.5 Å². The highest BCUT2D eigenvalue weighted by Gasteiger charge is 2.25. The fourth-order valence-corrected chi connectivity index (χ4v) is 3.58. The van der Waals surface area contributed by atoms with Crippen molar-refractivity contribution in [1.29, 1.82) is 0 Å². The molecule has 3 heterocycles. The Balaban J connectivity index is 1.50. The van der Waals surface area contributed by atoms with E-state index in [9.17, 15) is 9.59 Å². The van der Waals surface area contributed by atoms with Crippen LogP contribution in [0, 0.1) is 13.8 Å². The minimum absolute atomic E-state index is 0.0210. The zero-order valence-corrected chi connectivity index (χ0v) is 15.7. The molecular weight excluding hydrogens is 344 g/mol. The number of aryl methyl sites for hydroxylation is 3. The van der Waals surface area contributed by atoms with Crippen molar-refractivity contribution in [3.63, 3.8) is 0 Å². The van der Waals surface area contributed by atoms with E-state index in [1.54, 1.807) is 19.4 Å². The number of carbonyl (C=O) groups is 1. The number of hydrogen-bond donors (Lipinski definition) is 0. The summed E-state index contributed by atoms with van der Waals surface area (Å²) in [5.41, 5.74) is 2.31. The molecule has 1 aliphatic heterocycles. The smallest absolute Gasteiger partial charge is 0.260 e. The van der Waals surface area contributed by atoms with Crippen molar-refractivity contribution in [2.45, 2.75) is 13.8 Å². The van der Waals surface area contributed by atoms with Crippen molar-refractivity contribution in [2.75, 3.05) is 31.1 Å². The lowest BCUT2D eigenvalue weighted by molar-refractivity contribution is 0.0745. The van der Waals surface area contributed by atoms with Crippen molar-refractivity contribution in [1.82, 2.24) is 14.5 Å². The lowest BCUT2D eigenvalue weighted by atomic mass is 10.1. The molecular formula is C20H22N4O3. The van der Waals surface area contributed by atoms with Crippen LogP contribution in [0.25, 0.3) is 10.9 Å². The predicted molar refractivity (Wildman–Crippen MR) is 103 cm³/mol. The van der Waals surface area contributed by atoms with Crippen molar-refractivity contribution in [3.05, 3.63) is 58.0 Å². The second-order valence-corrected chi connectivity index (χ2v) is 6.97. The van der Waals surface area contributed by atoms with Gasteiger partial charge in [0.1, 0.15) is 11.5 Å². The molecule has 1 amide bonds. The average molecular weight is 366 g/mol. The maximum atomic E-state index is 12.7. The van der Waals surface area contributed by atoms with E-state index >= 15 is 0 Å². The average Bonchev–Trinajstić information content (AvgIpc) is 3.02. The van der Waals surface area contributed by atoms with Gasteiger partial charge in [-0.2, -0.15) is 0 Å². The molecule has 0 unspecified atom stereocenters. The van der Waals surface area contributed by atoms with E-state index in [1.165, 1.54) is 4.57 Å². The number of hydrogen-bond acceptors (Lipinski definition) is 5. The summed E-state index contributed by atoms with van der Waals surface area (Å²) in [6.45, 7) is 6.43. The maximum Gasteiger partial charge on any atom is 0.260 e. The van der Waals surface area contributed by atoms with Crippen LogP contribution in [0.4, 0.5) is 5.69 Å². The first-order valence-electron chi connectivity index (χ1n) is 9.00. The Hall–Kier alpha value is -3.09. The molecule has 1 saturated heterocycles. The van der Waals surface area contributed by atoms with Crippen LogP contribution in [0.5, 0.6) is 0 Å². The summed E-state index contributed by atoms with van der Waals surface area (Å²) in [5.74, 6) is 1.44. The van der Waals surface area contributed by atoms with Gasteiger partial charge in [-0.25, -0.2) is 4.98 Å². The summed E-state index contributed by atoms with van der Waals surface area (Å²) in [6.07, 6.45) is 1.54. The summed E-state index contributed by atoms with van der Waals surface area (Å²) < 4.78 is 6.96. The van der Waals surface area contributed by atoms with Gasteiger partial charge >= 0.3 is 0 Å². The fourth-order valence-electron chi connectivity index (χ4n) is 3.58. The molecule has 0 N–H and O–H groups in total. The van der Waals surface area contributed by atoms with E-state index in [-0.39, 0.29) is 11.5 Å². The highest BCUT2D eigenvalue weighted by molar-refractivity contribution is 5.95. The quantitative estimate of drug-likeness (QED) is 0.695. The molecule has 140 valence electrons. The number of nitrogens with zero attached hydrogens (tertiary/aromatic N) is 4. The Morgan fingerprint density at radius 1 is 1.11 bits per heavy atom. The number of fused-ring (bicyclic) bond motifs is 1. The number of furan rings is 1. The Bertz CT molecular complexity index is 1070. The molecule has 4 rings (SSSR count). The zero-order chi connectivity index (χ0) is 19.1. The molecule has 1 fully saturated rings. The number of carbonyl (C=O) groups excluding carboxylic acids is 1. The van der Waals surface area contributed by atoms with Gasteiger partial charge in [0.25, 0.3) is 11.5 Å². The SMILES string of the molecule is Cc1cc(C(=O)N2CCN(c3ccc4c(=O)n(C)cnc4c3)CC2)c(C)o1. The summed E-state index contributed by atoms with van der Waals surface area (Å²) in [5, 5.41) is 0.614. The van der Waals surface area contributed by atoms with Gasteiger partial charge in [-0.15, -0.1) is 0 Å². The van der Waals surface area contributed by atoms with Crippen LogP contribution in [-0.2, 0) is 7.05 Å². The molecule has 0 spiro atoms. The summed E-state index contributed by atoms with van der Waals surface area (Å²) in [7, 11) is 1.70. The molecule has 27 heavy (non-hydrogen) atoms. The standard InChI is InChI=1S/C20H22N4O3/c1-13-10-17(14(2)27-13)20(26)24-8-6-23(7-9-24)15-4-5-16-18(11-15)21-12-22(3)19(16)25/h4-5,10-12H,6-9H2,1-3H3. The van der Waals surface area contributed by atoms with Crippen LogP contribution >= 0.6 is 0 Å². The zero-order valence-electron chi connectivity index (χ0n) is 15.7. The molecule has 2 aromatic heterocycles. The van der Waals surface area contributed by atoms with Gasteiger partial charge in [-0.3, -0.25) is 9.59 Å². The largest absolute Gasteiger partial charge is 0.466 e. The van der Waals surface area contributed by atoms with Gasteiger partial charge in [0, 0.05) is 38.9 Å². The van der Waals surface area contributed by atoms with Crippen molar-refractivity contribution >= 4 is 22.5 Å². The number of aromatic nitrogens is 2. The van der Waals surface area contributed by atoms with Gasteiger partial charge in [0.15, 0.2) is 0 Å². The third-order valence-corrected chi connectivity index (χ3v) is 5.11. The molecule has 3 aromatic rings. The maximum absolute atomic E-state index is 12.7. The predicted octanol–water partition coefficient (Wildman–Crippen LogP) is 2.11. The molecule has 1 aliphatic rings. The molecule has 0 bridgehead atoms. The van der Waals surface area contributed by atoms with Crippen molar-refractivity contribution in [2.24, 2.45) is 7.05 Å². The van der Waals surface area contributed by atoms with Gasteiger partial charge in [0.2, 0.25) is 0 Å². The van der Waals surface area contributed by atoms with E-state index in [2.05, 4.69) is 9.88 Å². The highest BCUT2D eigenvalue weighted by atomic mass is 16.3. The molecule has 7 nitrogen and oxygen atoms in total. The first-order chi connectivity index (χ1) is 12.9. The summed E-state index contributed by atoms with van der Waals surface area (Å²) >= 11 is 0. The monoisotopic (exact) mass is 366 g/mol. The van der Waals surface area contributed by atoms with Crippen LogP contribution in [0.3, 0.4) is 0 Å². The first kappa shape index (κ1) is 17.3. The molecule has 7 heteroatoms. The molecule has 0 aliphatic carbocycles. The third-order valence-electron chi connectivity index (χ3n) is 5.11. The van der Waals surface area contributed by atoms with Crippen molar-refractivity contribution < 1.29 is 9.21 Å². The Morgan fingerprint density at radius 3 is 2.52 bits per heavy atom. The number of rotatable bonds is 2. The van der Waals surface area contributed by atoms with Gasteiger partial charge in [-0.05, 0) is 38.1 Å². The third kappa shape index (κ3) is 3.09. The van der Waals surface area contributed by atoms with E-state index in [4.69, 9.17) is 4.42 Å². The Morgan fingerprint density at radius 2 is 1.85 bits per heavy atom. The Labute approximate surface area is 156 Å². The van der Waals surface area contributed by atoms with Crippen LogP contribution in [0.1, 0.15) is 21.9 Å². The van der Waals surface area contributed by atoms with E-state index in [0.717, 1.165) is 24.5 Å². The van der Waals surface area contributed by atoms with E-state index in [1.807, 2.05) is 36.9 Å². The second kappa shape index (κ2) is 6.57. The van der Waals surface area contributed by atoms with Crippen molar-refractivity contribution in [3.8, 4) is 0 Å². The summed E-state index contributed by atoms with van der Waals surface area (Å²) in [6, 6.07) is 7.53. The normalized spacial score (nSPS) is 14.8. The van der Waals surface area contributed by atoms with Gasteiger partial charge < -0.3 is 18.8 Å². The van der Waals surface area contributed by atoms with E-state index in [0.29, 0.717) is 35.3 Å². The number of piperazine rings is 1. The molecule has 0 atom stereocenters. The van der Waals surface area contributed by atoms with Crippen LogP contribution in [0.15, 0.2) is 39.8 Å². The minimum atomic E-state index is -0.0484. The number of anilines is 1. The molecule has 1 aromatic carbocycles. The molecule has 0 radical (unpaired) electrons. The first-order valence-corrected chi connectivity index (χ1v) is 9.00. The Kier molecular flexibility index (Phi) is 4.22. The van der Waals surface area contributed by atoms with Crippen LogP contribution < -0.4 is 10.5 Å². The molecule has 0 saturated carbocycles. The van der Waals surface area contributed by atoms with Crippen LogP contribution in [0.2, 0.25) is 0 Å². The van der Waals surface area contributed by atoms with E-state index < -0.39 is 0 Å². The number of amides is 1. The lowest BCUT2D eigenvalue weighted by Crippen LogP contribution is -2.48. The topological polar surface area (TPSA) is 71.6 Å².